The Hall–Kier alpha value is -2.30. The predicted molar refractivity (Wildman–Crippen MR) is 94.6 cm³/mol. The van der Waals surface area contributed by atoms with E-state index in [0.717, 1.165) is 47.4 Å². The van der Waals surface area contributed by atoms with Crippen molar-refractivity contribution in [3.8, 4) is 5.75 Å². The van der Waals surface area contributed by atoms with E-state index in [9.17, 15) is 4.79 Å². The van der Waals surface area contributed by atoms with Gasteiger partial charge in [-0.05, 0) is 56.5 Å². The number of piperidine rings is 1. The highest BCUT2D eigenvalue weighted by atomic mass is 16.5. The first-order chi connectivity index (χ1) is 11.6. The fourth-order valence-corrected chi connectivity index (χ4v) is 3.28. The number of aryl methyl sites for hydroxylation is 1. The van der Waals surface area contributed by atoms with Gasteiger partial charge < -0.3 is 14.4 Å². The molecule has 0 amide bonds. The standard InChI is InChI=1S/C19H24N2O3/c1-4-24-19(22)14-6-5-9-21(12-14)18-10-13(2)16-11-15(23-3)7-8-17(16)20-18/h7-8,10-11,14H,4-6,9,12H2,1-3H3/t14-/m0/s1. The van der Waals surface area contributed by atoms with Crippen LogP contribution >= 0.6 is 0 Å². The topological polar surface area (TPSA) is 51.7 Å². The Balaban J connectivity index is 1.87. The molecule has 0 N–H and O–H groups in total. The average molecular weight is 328 g/mol. The number of carbonyl (C=O) groups excluding carboxylic acids is 1. The number of hydrogen-bond donors (Lipinski definition) is 0. The zero-order chi connectivity index (χ0) is 17.1. The number of aromatic nitrogens is 1. The number of pyridine rings is 1. The van der Waals surface area contributed by atoms with Gasteiger partial charge in [0.1, 0.15) is 11.6 Å². The third-order valence-electron chi connectivity index (χ3n) is 4.57. The predicted octanol–water partition coefficient (Wildman–Crippen LogP) is 3.33. The molecule has 0 saturated carbocycles. The summed E-state index contributed by atoms with van der Waals surface area (Å²) in [6.45, 7) is 5.96. The van der Waals surface area contributed by atoms with Crippen LogP contribution in [-0.2, 0) is 9.53 Å². The molecule has 1 aliphatic rings. The van der Waals surface area contributed by atoms with E-state index >= 15 is 0 Å². The molecular weight excluding hydrogens is 304 g/mol. The summed E-state index contributed by atoms with van der Waals surface area (Å²) in [6.07, 6.45) is 1.87. The van der Waals surface area contributed by atoms with Crippen molar-refractivity contribution >= 4 is 22.7 Å². The van der Waals surface area contributed by atoms with Crippen molar-refractivity contribution in [2.24, 2.45) is 5.92 Å². The van der Waals surface area contributed by atoms with Gasteiger partial charge in [0.2, 0.25) is 0 Å². The maximum Gasteiger partial charge on any atom is 0.310 e. The quantitative estimate of drug-likeness (QED) is 0.806. The molecule has 0 bridgehead atoms. The van der Waals surface area contributed by atoms with Gasteiger partial charge in [-0.25, -0.2) is 4.98 Å². The zero-order valence-electron chi connectivity index (χ0n) is 14.5. The van der Waals surface area contributed by atoms with Crippen molar-refractivity contribution in [2.45, 2.75) is 26.7 Å². The van der Waals surface area contributed by atoms with E-state index in [1.807, 2.05) is 25.1 Å². The Bertz CT molecular complexity index is 745. The minimum atomic E-state index is -0.0931. The van der Waals surface area contributed by atoms with Crippen LogP contribution < -0.4 is 9.64 Å². The molecule has 1 atom stereocenters. The summed E-state index contributed by atoms with van der Waals surface area (Å²) in [5.41, 5.74) is 2.11. The summed E-state index contributed by atoms with van der Waals surface area (Å²) in [6, 6.07) is 8.02. The number of hydrogen-bond acceptors (Lipinski definition) is 5. The van der Waals surface area contributed by atoms with E-state index in [0.29, 0.717) is 13.2 Å². The second-order valence-electron chi connectivity index (χ2n) is 6.22. The highest BCUT2D eigenvalue weighted by Crippen LogP contribution is 2.28. The highest BCUT2D eigenvalue weighted by molar-refractivity contribution is 5.85. The molecule has 1 fully saturated rings. The number of rotatable bonds is 4. The average Bonchev–Trinajstić information content (AvgIpc) is 2.61. The number of ether oxygens (including phenoxy) is 2. The number of methoxy groups -OCH3 is 1. The SMILES string of the molecule is CCOC(=O)[C@H]1CCCN(c2cc(C)c3cc(OC)ccc3n2)C1. The lowest BCUT2D eigenvalue weighted by atomic mass is 9.98. The molecule has 24 heavy (non-hydrogen) atoms. The van der Waals surface area contributed by atoms with E-state index in [1.54, 1.807) is 7.11 Å². The van der Waals surface area contributed by atoms with Crippen molar-refractivity contribution in [1.29, 1.82) is 0 Å². The number of fused-ring (bicyclic) bond motifs is 1. The first kappa shape index (κ1) is 16.6. The lowest BCUT2D eigenvalue weighted by molar-refractivity contribution is -0.148. The molecule has 1 aromatic carbocycles. The van der Waals surface area contributed by atoms with Crippen LogP contribution in [-0.4, -0.2) is 37.8 Å². The molecule has 5 heteroatoms. The number of anilines is 1. The van der Waals surface area contributed by atoms with Crippen LogP contribution in [0.3, 0.4) is 0 Å². The zero-order valence-corrected chi connectivity index (χ0v) is 14.5. The molecule has 0 aliphatic carbocycles. The van der Waals surface area contributed by atoms with Gasteiger partial charge in [-0.2, -0.15) is 0 Å². The van der Waals surface area contributed by atoms with Gasteiger partial charge in [-0.15, -0.1) is 0 Å². The third kappa shape index (κ3) is 3.30. The van der Waals surface area contributed by atoms with Gasteiger partial charge in [0.15, 0.2) is 0 Å². The molecule has 3 rings (SSSR count). The summed E-state index contributed by atoms with van der Waals surface area (Å²) in [7, 11) is 1.67. The van der Waals surface area contributed by atoms with Gasteiger partial charge in [0.05, 0.1) is 25.2 Å². The minimum absolute atomic E-state index is 0.0626. The molecular formula is C19H24N2O3. The first-order valence-electron chi connectivity index (χ1n) is 8.49. The maximum absolute atomic E-state index is 12.0. The van der Waals surface area contributed by atoms with Crippen LogP contribution in [0.5, 0.6) is 5.75 Å². The molecule has 1 aromatic heterocycles. The summed E-state index contributed by atoms with van der Waals surface area (Å²) >= 11 is 0. The Labute approximate surface area is 142 Å². The van der Waals surface area contributed by atoms with Gasteiger partial charge in [0.25, 0.3) is 0 Å². The van der Waals surface area contributed by atoms with Crippen LogP contribution in [0.2, 0.25) is 0 Å². The molecule has 0 radical (unpaired) electrons. The van der Waals surface area contributed by atoms with Crippen LogP contribution in [0.1, 0.15) is 25.3 Å². The van der Waals surface area contributed by atoms with E-state index in [2.05, 4.69) is 17.9 Å². The Morgan fingerprint density at radius 2 is 2.21 bits per heavy atom. The normalized spacial score (nSPS) is 17.8. The Kier molecular flexibility index (Phi) is 4.88. The van der Waals surface area contributed by atoms with Crippen molar-refractivity contribution in [3.63, 3.8) is 0 Å². The third-order valence-corrected chi connectivity index (χ3v) is 4.57. The number of benzene rings is 1. The molecule has 2 heterocycles. The van der Waals surface area contributed by atoms with Crippen LogP contribution in [0.15, 0.2) is 24.3 Å². The van der Waals surface area contributed by atoms with Gasteiger partial charge in [0, 0.05) is 18.5 Å². The van der Waals surface area contributed by atoms with E-state index < -0.39 is 0 Å². The molecule has 2 aromatic rings. The smallest absolute Gasteiger partial charge is 0.310 e. The number of nitrogens with zero attached hydrogens (tertiary/aromatic N) is 2. The largest absolute Gasteiger partial charge is 0.497 e. The van der Waals surface area contributed by atoms with Crippen molar-refractivity contribution < 1.29 is 14.3 Å². The lowest BCUT2D eigenvalue weighted by Gasteiger charge is -2.32. The second kappa shape index (κ2) is 7.07. The molecule has 0 unspecified atom stereocenters. The fraction of sp³-hybridized carbons (Fsp3) is 0.474. The number of carbonyl (C=O) groups is 1. The van der Waals surface area contributed by atoms with Gasteiger partial charge in [-0.3, -0.25) is 4.79 Å². The Morgan fingerprint density at radius 1 is 1.38 bits per heavy atom. The second-order valence-corrected chi connectivity index (χ2v) is 6.22. The monoisotopic (exact) mass is 328 g/mol. The molecule has 1 saturated heterocycles. The van der Waals surface area contributed by atoms with E-state index in [1.165, 1.54) is 0 Å². The van der Waals surface area contributed by atoms with Crippen LogP contribution in [0.25, 0.3) is 10.9 Å². The van der Waals surface area contributed by atoms with Crippen molar-refractivity contribution in [1.82, 2.24) is 4.98 Å². The number of esters is 1. The van der Waals surface area contributed by atoms with E-state index in [4.69, 9.17) is 14.5 Å². The first-order valence-corrected chi connectivity index (χ1v) is 8.49. The summed E-state index contributed by atoms with van der Waals surface area (Å²) in [5.74, 6) is 1.61. The lowest BCUT2D eigenvalue weighted by Crippen LogP contribution is -2.39. The fourth-order valence-electron chi connectivity index (χ4n) is 3.28. The summed E-state index contributed by atoms with van der Waals surface area (Å²) in [4.78, 5) is 19.0. The van der Waals surface area contributed by atoms with Crippen molar-refractivity contribution in [3.05, 3.63) is 29.8 Å². The summed E-state index contributed by atoms with van der Waals surface area (Å²) < 4.78 is 10.5. The van der Waals surface area contributed by atoms with Crippen LogP contribution in [0.4, 0.5) is 5.82 Å². The molecule has 0 spiro atoms. The molecule has 128 valence electrons. The minimum Gasteiger partial charge on any atom is -0.497 e. The summed E-state index contributed by atoms with van der Waals surface area (Å²) in [5, 5.41) is 1.09. The van der Waals surface area contributed by atoms with Crippen LogP contribution in [0, 0.1) is 12.8 Å². The van der Waals surface area contributed by atoms with Crippen molar-refractivity contribution in [2.75, 3.05) is 31.7 Å². The van der Waals surface area contributed by atoms with E-state index in [-0.39, 0.29) is 11.9 Å². The molecule has 5 nitrogen and oxygen atoms in total. The van der Waals surface area contributed by atoms with Gasteiger partial charge in [-0.1, -0.05) is 0 Å². The Morgan fingerprint density at radius 3 is 2.96 bits per heavy atom. The molecule has 1 aliphatic heterocycles. The van der Waals surface area contributed by atoms with Gasteiger partial charge >= 0.3 is 5.97 Å². The highest BCUT2D eigenvalue weighted by Gasteiger charge is 2.27. The maximum atomic E-state index is 12.0.